The summed E-state index contributed by atoms with van der Waals surface area (Å²) < 4.78 is 15.0. The lowest BCUT2D eigenvalue weighted by atomic mass is 10.3. The number of aromatic nitrogens is 2. The number of carbonyl (C=O) groups is 1. The van der Waals surface area contributed by atoms with Crippen LogP contribution < -0.4 is 15.2 Å². The van der Waals surface area contributed by atoms with Crippen LogP contribution in [-0.2, 0) is 9.53 Å². The lowest BCUT2D eigenvalue weighted by molar-refractivity contribution is -0.143. The first kappa shape index (κ1) is 14.0. The fourth-order valence-electron chi connectivity index (χ4n) is 1.21. The highest BCUT2D eigenvalue weighted by molar-refractivity contribution is 5.69. The molecule has 7 nitrogen and oxygen atoms in total. The highest BCUT2D eigenvalue weighted by atomic mass is 16.5. The molecule has 100 valence electrons. The number of rotatable bonds is 7. The summed E-state index contributed by atoms with van der Waals surface area (Å²) in [6.45, 7) is 2.50. The Morgan fingerprint density at radius 3 is 2.89 bits per heavy atom. The minimum absolute atomic E-state index is 0.149. The maximum Gasteiger partial charge on any atom is 0.321 e. The lowest BCUT2D eigenvalue weighted by Gasteiger charge is -2.06. The molecule has 0 aliphatic rings. The van der Waals surface area contributed by atoms with Crippen molar-refractivity contribution >= 4 is 11.8 Å². The van der Waals surface area contributed by atoms with Gasteiger partial charge in [0, 0.05) is 12.5 Å². The highest BCUT2D eigenvalue weighted by Crippen LogP contribution is 2.15. The Kier molecular flexibility index (Phi) is 5.69. The van der Waals surface area contributed by atoms with Gasteiger partial charge in [-0.25, -0.2) is 0 Å². The fourth-order valence-corrected chi connectivity index (χ4v) is 1.21. The first-order valence-corrected chi connectivity index (χ1v) is 5.62. The molecule has 2 N–H and O–H groups in total. The molecule has 0 bridgehead atoms. The molecule has 18 heavy (non-hydrogen) atoms. The summed E-state index contributed by atoms with van der Waals surface area (Å²) in [7, 11) is 1.44. The highest BCUT2D eigenvalue weighted by Gasteiger charge is 2.05. The van der Waals surface area contributed by atoms with E-state index in [0.717, 1.165) is 0 Å². The molecule has 0 atom stereocenters. The van der Waals surface area contributed by atoms with E-state index in [1.54, 1.807) is 6.92 Å². The van der Waals surface area contributed by atoms with Gasteiger partial charge in [-0.05, 0) is 13.3 Å². The number of hydrogen-bond donors (Lipinski definition) is 1. The predicted octanol–water partition coefficient (Wildman–Crippen LogP) is 0.789. The molecule has 0 fully saturated rings. The smallest absolute Gasteiger partial charge is 0.321 e. The number of nitrogens with two attached hydrogens (primary N) is 1. The summed E-state index contributed by atoms with van der Waals surface area (Å²) in [4.78, 5) is 18.8. The summed E-state index contributed by atoms with van der Waals surface area (Å²) in [6, 6.07) is 1.64. The van der Waals surface area contributed by atoms with E-state index in [4.69, 9.17) is 19.9 Å². The number of ether oxygens (including phenoxy) is 3. The van der Waals surface area contributed by atoms with E-state index in [1.807, 2.05) is 0 Å². The average molecular weight is 255 g/mol. The fraction of sp³-hybridized carbons (Fsp3) is 0.545. The van der Waals surface area contributed by atoms with Crippen molar-refractivity contribution in [1.29, 1.82) is 0 Å². The number of hydrogen-bond acceptors (Lipinski definition) is 7. The number of methoxy groups -OCH3 is 1. The van der Waals surface area contributed by atoms with E-state index in [1.165, 1.54) is 13.2 Å². The van der Waals surface area contributed by atoms with Crippen molar-refractivity contribution in [2.75, 3.05) is 26.1 Å². The Bertz CT molecular complexity index is 398. The molecule has 1 heterocycles. The minimum Gasteiger partial charge on any atom is -0.477 e. The van der Waals surface area contributed by atoms with Crippen molar-refractivity contribution in [2.24, 2.45) is 0 Å². The van der Waals surface area contributed by atoms with Gasteiger partial charge in [-0.1, -0.05) is 0 Å². The maximum atomic E-state index is 11.1. The monoisotopic (exact) mass is 255 g/mol. The van der Waals surface area contributed by atoms with Crippen LogP contribution in [-0.4, -0.2) is 36.3 Å². The third kappa shape index (κ3) is 4.86. The van der Waals surface area contributed by atoms with E-state index in [0.29, 0.717) is 31.9 Å². The zero-order chi connectivity index (χ0) is 13.4. The van der Waals surface area contributed by atoms with Crippen LogP contribution in [0, 0.1) is 0 Å². The SMILES string of the molecule is CCOC(=O)CCCOc1cc(N)nc(OC)n1. The van der Waals surface area contributed by atoms with Gasteiger partial charge in [-0.2, -0.15) is 9.97 Å². The van der Waals surface area contributed by atoms with Crippen LogP contribution in [0.2, 0.25) is 0 Å². The molecule has 0 aromatic carbocycles. The second kappa shape index (κ2) is 7.31. The second-order valence-corrected chi connectivity index (χ2v) is 3.37. The Balaban J connectivity index is 2.35. The normalized spacial score (nSPS) is 9.89. The summed E-state index contributed by atoms with van der Waals surface area (Å²) in [5.74, 6) is 0.353. The van der Waals surface area contributed by atoms with Crippen molar-refractivity contribution in [1.82, 2.24) is 9.97 Å². The van der Waals surface area contributed by atoms with Gasteiger partial charge in [0.25, 0.3) is 0 Å². The quantitative estimate of drug-likeness (QED) is 0.568. The molecule has 0 unspecified atom stereocenters. The van der Waals surface area contributed by atoms with Gasteiger partial charge in [0.15, 0.2) is 0 Å². The molecule has 0 saturated carbocycles. The first-order valence-electron chi connectivity index (χ1n) is 5.62. The third-order valence-corrected chi connectivity index (χ3v) is 1.97. The number of nitrogens with zero attached hydrogens (tertiary/aromatic N) is 2. The van der Waals surface area contributed by atoms with Crippen LogP contribution >= 0.6 is 0 Å². The van der Waals surface area contributed by atoms with E-state index in [9.17, 15) is 4.79 Å². The van der Waals surface area contributed by atoms with Crippen molar-refractivity contribution in [2.45, 2.75) is 19.8 Å². The predicted molar refractivity (Wildman–Crippen MR) is 64.4 cm³/mol. The Morgan fingerprint density at radius 2 is 2.22 bits per heavy atom. The summed E-state index contributed by atoms with van der Waals surface area (Å²) >= 11 is 0. The molecule has 1 rings (SSSR count). The van der Waals surface area contributed by atoms with Crippen molar-refractivity contribution in [3.05, 3.63) is 6.07 Å². The van der Waals surface area contributed by atoms with Gasteiger partial charge in [-0.3, -0.25) is 4.79 Å². The number of nitrogen functional groups attached to an aromatic ring is 1. The largest absolute Gasteiger partial charge is 0.477 e. The second-order valence-electron chi connectivity index (χ2n) is 3.37. The molecule has 0 aliphatic heterocycles. The zero-order valence-electron chi connectivity index (χ0n) is 10.5. The Morgan fingerprint density at radius 1 is 1.44 bits per heavy atom. The van der Waals surface area contributed by atoms with Crippen LogP contribution in [0.5, 0.6) is 11.9 Å². The molecular weight excluding hydrogens is 238 g/mol. The summed E-state index contributed by atoms with van der Waals surface area (Å²) in [5.41, 5.74) is 5.54. The molecule has 0 spiro atoms. The van der Waals surface area contributed by atoms with Gasteiger partial charge in [0.2, 0.25) is 5.88 Å². The number of carbonyl (C=O) groups excluding carboxylic acids is 1. The Hall–Kier alpha value is -2.05. The topological polar surface area (TPSA) is 96.6 Å². The molecule has 1 aromatic heterocycles. The molecule has 0 radical (unpaired) electrons. The first-order chi connectivity index (χ1) is 8.65. The van der Waals surface area contributed by atoms with Gasteiger partial charge in [0.1, 0.15) is 5.82 Å². The van der Waals surface area contributed by atoms with Crippen LogP contribution in [0.1, 0.15) is 19.8 Å². The van der Waals surface area contributed by atoms with Crippen LogP contribution in [0.3, 0.4) is 0 Å². The molecule has 0 saturated heterocycles. The van der Waals surface area contributed by atoms with Crippen molar-refractivity contribution in [3.63, 3.8) is 0 Å². The Labute approximate surface area is 105 Å². The van der Waals surface area contributed by atoms with Gasteiger partial charge >= 0.3 is 12.0 Å². The van der Waals surface area contributed by atoms with E-state index >= 15 is 0 Å². The lowest BCUT2D eigenvalue weighted by Crippen LogP contribution is -2.08. The van der Waals surface area contributed by atoms with E-state index in [-0.39, 0.29) is 17.8 Å². The summed E-state index contributed by atoms with van der Waals surface area (Å²) in [5, 5.41) is 0. The van der Waals surface area contributed by atoms with Gasteiger partial charge in [0.05, 0.1) is 20.3 Å². The van der Waals surface area contributed by atoms with Crippen LogP contribution in [0.4, 0.5) is 5.82 Å². The molecule has 7 heteroatoms. The van der Waals surface area contributed by atoms with Gasteiger partial charge in [-0.15, -0.1) is 0 Å². The van der Waals surface area contributed by atoms with Gasteiger partial charge < -0.3 is 19.9 Å². The molecular formula is C11H17N3O4. The molecule has 0 amide bonds. The van der Waals surface area contributed by atoms with Crippen molar-refractivity contribution in [3.8, 4) is 11.9 Å². The minimum atomic E-state index is -0.235. The maximum absolute atomic E-state index is 11.1. The summed E-state index contributed by atoms with van der Waals surface area (Å²) in [6.07, 6.45) is 0.858. The van der Waals surface area contributed by atoms with Crippen molar-refractivity contribution < 1.29 is 19.0 Å². The standard InChI is InChI=1S/C11H17N3O4/c1-3-17-10(15)5-4-6-18-9-7-8(12)13-11(14-9)16-2/h7H,3-6H2,1-2H3,(H2,12,13,14). The average Bonchev–Trinajstić information content (AvgIpc) is 2.34. The zero-order valence-corrected chi connectivity index (χ0v) is 10.5. The van der Waals surface area contributed by atoms with Crippen LogP contribution in [0.25, 0.3) is 0 Å². The number of anilines is 1. The molecule has 1 aromatic rings. The molecule has 0 aliphatic carbocycles. The van der Waals surface area contributed by atoms with Crippen LogP contribution in [0.15, 0.2) is 6.07 Å². The van der Waals surface area contributed by atoms with E-state index in [2.05, 4.69) is 9.97 Å². The third-order valence-electron chi connectivity index (χ3n) is 1.97. The number of esters is 1. The van der Waals surface area contributed by atoms with E-state index < -0.39 is 0 Å².